The molecule has 24 heavy (non-hydrogen) atoms. The van der Waals surface area contributed by atoms with Gasteiger partial charge in [0, 0.05) is 18.3 Å². The highest BCUT2D eigenvalue weighted by Gasteiger charge is 2.30. The second kappa shape index (κ2) is 7.20. The number of nitrogens with one attached hydrogen (secondary N) is 1. The van der Waals surface area contributed by atoms with Crippen molar-refractivity contribution in [2.24, 2.45) is 0 Å². The zero-order valence-electron chi connectivity index (χ0n) is 13.3. The summed E-state index contributed by atoms with van der Waals surface area (Å²) in [6, 6.07) is 11.7. The summed E-state index contributed by atoms with van der Waals surface area (Å²) < 4.78 is 18.1. The third-order valence-electron chi connectivity index (χ3n) is 4.17. The first-order valence-corrected chi connectivity index (χ1v) is 8.07. The molecule has 126 valence electrons. The molecule has 0 radical (unpaired) electrons. The van der Waals surface area contributed by atoms with Crippen molar-refractivity contribution in [1.82, 2.24) is 4.90 Å². The molecule has 2 aromatic rings. The molecule has 2 aromatic carbocycles. The molecule has 1 aliphatic heterocycles. The summed E-state index contributed by atoms with van der Waals surface area (Å²) in [5.41, 5.74) is 1.66. The number of halogens is 2. The van der Waals surface area contributed by atoms with Crippen LogP contribution in [0.5, 0.6) is 5.75 Å². The molecular weight excluding hydrogens is 331 g/mol. The van der Waals surface area contributed by atoms with E-state index in [9.17, 15) is 9.18 Å². The van der Waals surface area contributed by atoms with Crippen LogP contribution in [0.4, 0.5) is 10.1 Å². The minimum Gasteiger partial charge on any atom is -0.495 e. The van der Waals surface area contributed by atoms with Crippen LogP contribution in [0.15, 0.2) is 42.5 Å². The molecular formula is C18H18ClFN2O2. The highest BCUT2D eigenvalue weighted by Crippen LogP contribution is 2.33. The number of hydrogen-bond acceptors (Lipinski definition) is 3. The largest absolute Gasteiger partial charge is 0.495 e. The molecule has 0 unspecified atom stereocenters. The average Bonchev–Trinajstić information content (AvgIpc) is 2.54. The predicted octanol–water partition coefficient (Wildman–Crippen LogP) is 3.87. The van der Waals surface area contributed by atoms with Gasteiger partial charge in [-0.15, -0.1) is 0 Å². The van der Waals surface area contributed by atoms with Crippen LogP contribution in [0.2, 0.25) is 5.02 Å². The normalized spacial score (nSPS) is 17.2. The Balaban J connectivity index is 1.59. The molecule has 0 aromatic heterocycles. The predicted molar refractivity (Wildman–Crippen MR) is 92.0 cm³/mol. The van der Waals surface area contributed by atoms with Crippen molar-refractivity contribution in [1.29, 1.82) is 0 Å². The molecule has 4 nitrogen and oxygen atoms in total. The zero-order valence-corrected chi connectivity index (χ0v) is 14.0. The highest BCUT2D eigenvalue weighted by atomic mass is 35.5. The zero-order chi connectivity index (χ0) is 17.1. The van der Waals surface area contributed by atoms with Crippen LogP contribution in [0, 0.1) is 5.82 Å². The van der Waals surface area contributed by atoms with Gasteiger partial charge in [-0.3, -0.25) is 9.69 Å². The van der Waals surface area contributed by atoms with E-state index in [4.69, 9.17) is 16.3 Å². The molecule has 1 amide bonds. The lowest BCUT2D eigenvalue weighted by Crippen LogP contribution is -2.45. The minimum atomic E-state index is -0.251. The minimum absolute atomic E-state index is 0.108. The van der Waals surface area contributed by atoms with E-state index >= 15 is 0 Å². The van der Waals surface area contributed by atoms with Crippen LogP contribution in [-0.2, 0) is 4.79 Å². The molecule has 1 heterocycles. The third kappa shape index (κ3) is 3.68. The number of amides is 1. The Bertz CT molecular complexity index is 736. The van der Waals surface area contributed by atoms with Gasteiger partial charge >= 0.3 is 0 Å². The van der Waals surface area contributed by atoms with Gasteiger partial charge in [-0.05, 0) is 42.3 Å². The SMILES string of the molecule is COc1ccc(NC(=O)CN2CC[C@@H]2c2ccc(F)cc2)cc1Cl. The summed E-state index contributed by atoms with van der Waals surface area (Å²) in [6.07, 6.45) is 0.966. The molecule has 0 saturated carbocycles. The Labute approximate surface area is 145 Å². The van der Waals surface area contributed by atoms with Crippen molar-refractivity contribution in [2.75, 3.05) is 25.5 Å². The Morgan fingerprint density at radius 1 is 1.33 bits per heavy atom. The van der Waals surface area contributed by atoms with E-state index in [1.807, 2.05) is 0 Å². The van der Waals surface area contributed by atoms with Gasteiger partial charge in [-0.1, -0.05) is 23.7 Å². The van der Waals surface area contributed by atoms with E-state index in [-0.39, 0.29) is 24.3 Å². The molecule has 1 fully saturated rings. The van der Waals surface area contributed by atoms with Crippen molar-refractivity contribution in [3.63, 3.8) is 0 Å². The molecule has 0 aliphatic carbocycles. The van der Waals surface area contributed by atoms with Crippen molar-refractivity contribution < 1.29 is 13.9 Å². The van der Waals surface area contributed by atoms with E-state index in [2.05, 4.69) is 10.2 Å². The standard InChI is InChI=1S/C18H18ClFN2O2/c1-24-17-7-6-14(10-15(17)19)21-18(23)11-22-9-8-16(22)12-2-4-13(20)5-3-12/h2-7,10,16H,8-9,11H2,1H3,(H,21,23)/t16-/m1/s1. The van der Waals surface area contributed by atoms with E-state index in [1.165, 1.54) is 12.1 Å². The van der Waals surface area contributed by atoms with Crippen molar-refractivity contribution in [3.8, 4) is 5.75 Å². The molecule has 1 N–H and O–H groups in total. The lowest BCUT2D eigenvalue weighted by Gasteiger charge is -2.40. The van der Waals surface area contributed by atoms with Crippen molar-refractivity contribution >= 4 is 23.2 Å². The Kier molecular flexibility index (Phi) is 5.02. The van der Waals surface area contributed by atoms with Crippen LogP contribution in [-0.4, -0.2) is 31.0 Å². The van der Waals surface area contributed by atoms with Crippen LogP contribution in [0.3, 0.4) is 0 Å². The van der Waals surface area contributed by atoms with Crippen LogP contribution in [0.25, 0.3) is 0 Å². The van der Waals surface area contributed by atoms with Gasteiger partial charge in [0.15, 0.2) is 0 Å². The number of rotatable bonds is 5. The van der Waals surface area contributed by atoms with E-state index in [0.717, 1.165) is 18.5 Å². The first kappa shape index (κ1) is 16.7. The summed E-state index contributed by atoms with van der Waals surface area (Å²) in [4.78, 5) is 14.3. The van der Waals surface area contributed by atoms with Gasteiger partial charge in [-0.25, -0.2) is 4.39 Å². The fourth-order valence-electron chi connectivity index (χ4n) is 2.82. The first-order valence-electron chi connectivity index (χ1n) is 7.69. The summed E-state index contributed by atoms with van der Waals surface area (Å²) in [5.74, 6) is 0.204. The summed E-state index contributed by atoms with van der Waals surface area (Å²) in [6.45, 7) is 1.13. The molecule has 1 atom stereocenters. The van der Waals surface area contributed by atoms with Gasteiger partial charge in [0.2, 0.25) is 5.91 Å². The average molecular weight is 349 g/mol. The Hall–Kier alpha value is -2.11. The van der Waals surface area contributed by atoms with Crippen LogP contribution < -0.4 is 10.1 Å². The summed E-state index contributed by atoms with van der Waals surface area (Å²) in [5, 5.41) is 3.28. The monoisotopic (exact) mass is 348 g/mol. The maximum Gasteiger partial charge on any atom is 0.238 e. The molecule has 0 bridgehead atoms. The topological polar surface area (TPSA) is 41.6 Å². The molecule has 1 aliphatic rings. The van der Waals surface area contributed by atoms with Crippen molar-refractivity contribution in [2.45, 2.75) is 12.5 Å². The number of methoxy groups -OCH3 is 1. The fraction of sp³-hybridized carbons (Fsp3) is 0.278. The van der Waals surface area contributed by atoms with E-state index in [0.29, 0.717) is 16.5 Å². The number of hydrogen-bond donors (Lipinski definition) is 1. The van der Waals surface area contributed by atoms with Gasteiger partial charge in [-0.2, -0.15) is 0 Å². The lowest BCUT2D eigenvalue weighted by molar-refractivity contribution is -0.119. The number of benzene rings is 2. The second-order valence-corrected chi connectivity index (χ2v) is 6.13. The number of ether oxygens (including phenoxy) is 1. The van der Waals surface area contributed by atoms with Gasteiger partial charge < -0.3 is 10.1 Å². The first-order chi connectivity index (χ1) is 11.6. The third-order valence-corrected chi connectivity index (χ3v) is 4.46. The number of anilines is 1. The van der Waals surface area contributed by atoms with E-state index < -0.39 is 0 Å². The molecule has 1 saturated heterocycles. The van der Waals surface area contributed by atoms with Gasteiger partial charge in [0.25, 0.3) is 0 Å². The maximum absolute atomic E-state index is 13.0. The second-order valence-electron chi connectivity index (χ2n) is 5.72. The lowest BCUT2D eigenvalue weighted by atomic mass is 9.95. The Morgan fingerprint density at radius 3 is 2.67 bits per heavy atom. The summed E-state index contributed by atoms with van der Waals surface area (Å²) in [7, 11) is 1.54. The van der Waals surface area contributed by atoms with Crippen LogP contribution in [0.1, 0.15) is 18.0 Å². The fourth-order valence-corrected chi connectivity index (χ4v) is 3.08. The van der Waals surface area contributed by atoms with Crippen LogP contribution >= 0.6 is 11.6 Å². The number of carbonyl (C=O) groups excluding carboxylic acids is 1. The molecule has 6 heteroatoms. The highest BCUT2D eigenvalue weighted by molar-refractivity contribution is 6.32. The molecule has 3 rings (SSSR count). The molecule has 0 spiro atoms. The smallest absolute Gasteiger partial charge is 0.238 e. The van der Waals surface area contributed by atoms with Gasteiger partial charge in [0.1, 0.15) is 11.6 Å². The Morgan fingerprint density at radius 2 is 2.08 bits per heavy atom. The van der Waals surface area contributed by atoms with Crippen molar-refractivity contribution in [3.05, 3.63) is 58.9 Å². The quantitative estimate of drug-likeness (QED) is 0.891. The van der Waals surface area contributed by atoms with E-state index in [1.54, 1.807) is 37.4 Å². The number of likely N-dealkylation sites (tertiary alicyclic amines) is 1. The number of carbonyl (C=O) groups is 1. The maximum atomic E-state index is 13.0. The van der Waals surface area contributed by atoms with Gasteiger partial charge in [0.05, 0.1) is 18.7 Å². The number of nitrogens with zero attached hydrogens (tertiary/aromatic N) is 1. The summed E-state index contributed by atoms with van der Waals surface area (Å²) >= 11 is 6.06.